The summed E-state index contributed by atoms with van der Waals surface area (Å²) in [6.07, 6.45) is 3.12. The fourth-order valence-electron chi connectivity index (χ4n) is 3.46. The van der Waals surface area contributed by atoms with E-state index in [0.717, 1.165) is 22.2 Å². The highest BCUT2D eigenvalue weighted by atomic mass is 16.5. The summed E-state index contributed by atoms with van der Waals surface area (Å²) in [6.45, 7) is 0.328. The summed E-state index contributed by atoms with van der Waals surface area (Å²) in [5, 5.41) is 1.08. The average Bonchev–Trinajstić information content (AvgIpc) is 2.89. The highest BCUT2D eigenvalue weighted by molar-refractivity contribution is 6.09. The van der Waals surface area contributed by atoms with Gasteiger partial charge in [0.05, 0.1) is 36.6 Å². The fraction of sp³-hybridized carbons (Fsp3) is 0.107. The Balaban J connectivity index is 1.47. The Kier molecular flexibility index (Phi) is 6.98. The summed E-state index contributed by atoms with van der Waals surface area (Å²) in [4.78, 5) is 29.2. The topological polar surface area (TPSA) is 74.7 Å². The number of aromatic nitrogens is 1. The zero-order chi connectivity index (χ0) is 23.9. The first-order chi connectivity index (χ1) is 16.6. The van der Waals surface area contributed by atoms with E-state index in [0.29, 0.717) is 18.1 Å². The molecule has 1 aromatic heterocycles. The number of para-hydroxylation sites is 1. The Labute approximate surface area is 197 Å². The lowest BCUT2D eigenvalue weighted by atomic mass is 10.0. The van der Waals surface area contributed by atoms with Crippen molar-refractivity contribution in [2.75, 3.05) is 14.2 Å². The third-order valence-electron chi connectivity index (χ3n) is 5.21. The summed E-state index contributed by atoms with van der Waals surface area (Å²) >= 11 is 0. The van der Waals surface area contributed by atoms with Crippen molar-refractivity contribution in [2.45, 2.75) is 6.61 Å². The van der Waals surface area contributed by atoms with Crippen LogP contribution in [0.2, 0.25) is 0 Å². The number of ketones is 1. The lowest BCUT2D eigenvalue weighted by Gasteiger charge is -2.08. The zero-order valence-electron chi connectivity index (χ0n) is 18.9. The number of ether oxygens (including phenoxy) is 3. The van der Waals surface area contributed by atoms with Crippen molar-refractivity contribution in [2.24, 2.45) is 0 Å². The van der Waals surface area contributed by atoms with Crippen LogP contribution in [-0.4, -0.2) is 31.0 Å². The lowest BCUT2D eigenvalue weighted by molar-refractivity contribution is 0.0600. The smallest absolute Gasteiger partial charge is 0.337 e. The quantitative estimate of drug-likeness (QED) is 0.199. The monoisotopic (exact) mass is 453 g/mol. The molecule has 4 rings (SSSR count). The van der Waals surface area contributed by atoms with Gasteiger partial charge >= 0.3 is 5.97 Å². The number of carbonyl (C=O) groups is 2. The predicted octanol–water partition coefficient (Wildman–Crippen LogP) is 5.51. The highest BCUT2D eigenvalue weighted by Crippen LogP contribution is 2.23. The van der Waals surface area contributed by atoms with Gasteiger partial charge in [0.2, 0.25) is 0 Å². The van der Waals surface area contributed by atoms with Crippen molar-refractivity contribution < 1.29 is 23.8 Å². The number of esters is 1. The molecule has 4 aromatic rings. The molecule has 3 aromatic carbocycles. The van der Waals surface area contributed by atoms with Crippen molar-refractivity contribution >= 4 is 28.7 Å². The highest BCUT2D eigenvalue weighted by Gasteiger charge is 2.14. The number of hydrogen-bond acceptors (Lipinski definition) is 6. The average molecular weight is 453 g/mol. The molecule has 1 heterocycles. The van der Waals surface area contributed by atoms with Gasteiger partial charge in [-0.25, -0.2) is 9.78 Å². The van der Waals surface area contributed by atoms with E-state index in [-0.39, 0.29) is 16.9 Å². The Bertz CT molecular complexity index is 1380. The third kappa shape index (κ3) is 5.30. The summed E-state index contributed by atoms with van der Waals surface area (Å²) < 4.78 is 15.9. The SMILES string of the molecule is COC(=O)c1ccc(OC)c(C(=O)C=Cc2cccc(OCc3ccc4ccccc4n3)c2)c1. The maximum Gasteiger partial charge on any atom is 0.337 e. The third-order valence-corrected chi connectivity index (χ3v) is 5.21. The van der Waals surface area contributed by atoms with Gasteiger partial charge in [-0.2, -0.15) is 0 Å². The molecule has 0 spiro atoms. The van der Waals surface area contributed by atoms with E-state index in [4.69, 9.17) is 14.2 Å². The van der Waals surface area contributed by atoms with E-state index in [9.17, 15) is 9.59 Å². The Hall–Kier alpha value is -4.45. The first-order valence-corrected chi connectivity index (χ1v) is 10.6. The van der Waals surface area contributed by atoms with Crippen molar-refractivity contribution in [1.29, 1.82) is 0 Å². The van der Waals surface area contributed by atoms with E-state index in [2.05, 4.69) is 4.98 Å². The van der Waals surface area contributed by atoms with Gasteiger partial charge in [-0.1, -0.05) is 42.5 Å². The molecule has 170 valence electrons. The maximum absolute atomic E-state index is 12.8. The number of hydrogen-bond donors (Lipinski definition) is 0. The van der Waals surface area contributed by atoms with Crippen LogP contribution < -0.4 is 9.47 Å². The summed E-state index contributed by atoms with van der Waals surface area (Å²) in [6, 6.07) is 23.9. The molecule has 0 aliphatic carbocycles. The van der Waals surface area contributed by atoms with Crippen molar-refractivity contribution in [3.63, 3.8) is 0 Å². The van der Waals surface area contributed by atoms with E-state index in [1.807, 2.05) is 60.7 Å². The second-order valence-electron chi connectivity index (χ2n) is 7.46. The van der Waals surface area contributed by atoms with Gasteiger partial charge < -0.3 is 14.2 Å². The predicted molar refractivity (Wildman–Crippen MR) is 130 cm³/mol. The van der Waals surface area contributed by atoms with E-state index in [1.54, 1.807) is 18.2 Å². The fourth-order valence-corrected chi connectivity index (χ4v) is 3.46. The van der Waals surface area contributed by atoms with Crippen LogP contribution in [0.5, 0.6) is 11.5 Å². The number of nitrogens with zero attached hydrogens (tertiary/aromatic N) is 1. The molecule has 0 atom stereocenters. The van der Waals surface area contributed by atoms with E-state index < -0.39 is 5.97 Å². The van der Waals surface area contributed by atoms with Gasteiger partial charge in [-0.3, -0.25) is 4.79 Å². The standard InChI is InChI=1S/C28H23NO5/c1-32-27-15-12-21(28(31)33-2)17-24(27)26(30)14-10-19-6-5-8-23(16-19)34-18-22-13-11-20-7-3-4-9-25(20)29-22/h3-17H,18H2,1-2H3. The lowest BCUT2D eigenvalue weighted by Crippen LogP contribution is -2.05. The second-order valence-corrected chi connectivity index (χ2v) is 7.46. The van der Waals surface area contributed by atoms with Crippen LogP contribution >= 0.6 is 0 Å². The van der Waals surface area contributed by atoms with Crippen LogP contribution in [0.15, 0.2) is 84.9 Å². The number of allylic oxidation sites excluding steroid dienone is 1. The van der Waals surface area contributed by atoms with Gasteiger partial charge in [-0.05, 0) is 54.1 Å². The maximum atomic E-state index is 12.8. The molecular formula is C28H23NO5. The second kappa shape index (κ2) is 10.4. The molecule has 0 fully saturated rings. The van der Waals surface area contributed by atoms with E-state index in [1.165, 1.54) is 26.4 Å². The number of pyridine rings is 1. The Morgan fingerprint density at radius 2 is 1.76 bits per heavy atom. The van der Waals surface area contributed by atoms with Gasteiger partial charge in [0, 0.05) is 5.39 Å². The summed E-state index contributed by atoms with van der Waals surface area (Å²) in [7, 11) is 2.76. The van der Waals surface area contributed by atoms with Gasteiger partial charge in [-0.15, -0.1) is 0 Å². The van der Waals surface area contributed by atoms with Crippen LogP contribution in [0, 0.1) is 0 Å². The molecule has 6 nitrogen and oxygen atoms in total. The number of rotatable bonds is 8. The van der Waals surface area contributed by atoms with Crippen LogP contribution in [-0.2, 0) is 11.3 Å². The normalized spacial score (nSPS) is 10.9. The molecule has 0 unspecified atom stereocenters. The summed E-state index contributed by atoms with van der Waals surface area (Å²) in [5.41, 5.74) is 3.09. The number of benzene rings is 3. The largest absolute Gasteiger partial charge is 0.496 e. The van der Waals surface area contributed by atoms with Crippen molar-refractivity contribution in [3.8, 4) is 11.5 Å². The Morgan fingerprint density at radius 3 is 2.59 bits per heavy atom. The molecule has 0 aliphatic heterocycles. The molecule has 0 bridgehead atoms. The van der Waals surface area contributed by atoms with Crippen molar-refractivity contribution in [1.82, 2.24) is 4.98 Å². The van der Waals surface area contributed by atoms with Gasteiger partial charge in [0.15, 0.2) is 5.78 Å². The zero-order valence-corrected chi connectivity index (χ0v) is 18.9. The summed E-state index contributed by atoms with van der Waals surface area (Å²) in [5.74, 6) is 0.220. The first-order valence-electron chi connectivity index (χ1n) is 10.6. The number of fused-ring (bicyclic) bond motifs is 1. The minimum atomic E-state index is -0.522. The molecule has 0 aliphatic rings. The molecule has 34 heavy (non-hydrogen) atoms. The first kappa shape index (κ1) is 22.7. The molecule has 0 N–H and O–H groups in total. The molecule has 0 radical (unpaired) electrons. The van der Waals surface area contributed by atoms with Gasteiger partial charge in [0.25, 0.3) is 0 Å². The Morgan fingerprint density at radius 1 is 0.912 bits per heavy atom. The molecule has 6 heteroatoms. The number of methoxy groups -OCH3 is 2. The van der Waals surface area contributed by atoms with Crippen LogP contribution in [0.25, 0.3) is 17.0 Å². The van der Waals surface area contributed by atoms with E-state index >= 15 is 0 Å². The molecule has 0 saturated carbocycles. The molecule has 0 saturated heterocycles. The van der Waals surface area contributed by atoms with Crippen LogP contribution in [0.4, 0.5) is 0 Å². The minimum Gasteiger partial charge on any atom is -0.496 e. The molecule has 0 amide bonds. The molecular weight excluding hydrogens is 430 g/mol. The van der Waals surface area contributed by atoms with Gasteiger partial charge in [0.1, 0.15) is 18.1 Å². The van der Waals surface area contributed by atoms with Crippen LogP contribution in [0.1, 0.15) is 32.0 Å². The van der Waals surface area contributed by atoms with Crippen LogP contribution in [0.3, 0.4) is 0 Å². The number of carbonyl (C=O) groups excluding carboxylic acids is 2. The minimum absolute atomic E-state index is 0.274. The van der Waals surface area contributed by atoms with Crippen molar-refractivity contribution in [3.05, 3.63) is 107 Å².